The van der Waals surface area contributed by atoms with E-state index in [4.69, 9.17) is 5.26 Å². The molecule has 0 fully saturated rings. The van der Waals surface area contributed by atoms with Gasteiger partial charge in [-0.25, -0.2) is 4.79 Å². The number of aromatic hydroxyl groups is 1. The number of aryl methyl sites for hydroxylation is 1. The Morgan fingerprint density at radius 1 is 1.25 bits per heavy atom. The molecule has 0 amide bonds. The van der Waals surface area contributed by atoms with Gasteiger partial charge in [0, 0.05) is 12.4 Å². The molecule has 0 radical (unpaired) electrons. The molecule has 0 bridgehead atoms. The molecule has 3 aromatic rings. The number of aromatic carboxylic acids is 1. The lowest BCUT2D eigenvalue weighted by atomic mass is 10.0. The molecule has 2 N–H and O–H groups in total. The van der Waals surface area contributed by atoms with E-state index < -0.39 is 5.97 Å². The van der Waals surface area contributed by atoms with Gasteiger partial charge in [-0.3, -0.25) is 4.98 Å². The minimum absolute atomic E-state index is 0.0704. The van der Waals surface area contributed by atoms with Crippen molar-refractivity contribution in [3.8, 4) is 28.8 Å². The number of hydrogen-bond acceptors (Lipinski definition) is 5. The van der Waals surface area contributed by atoms with Crippen molar-refractivity contribution in [2.24, 2.45) is 0 Å². The summed E-state index contributed by atoms with van der Waals surface area (Å²) >= 11 is 0. The molecule has 0 unspecified atom stereocenters. The molecule has 0 saturated heterocycles. The first kappa shape index (κ1) is 15.2. The molecule has 24 heavy (non-hydrogen) atoms. The fourth-order valence-electron chi connectivity index (χ4n) is 2.48. The second-order valence-corrected chi connectivity index (χ2v) is 5.13. The summed E-state index contributed by atoms with van der Waals surface area (Å²) in [6.07, 6.45) is 4.08. The minimum atomic E-state index is -1.16. The minimum Gasteiger partial charge on any atom is -0.493 e. The van der Waals surface area contributed by atoms with Gasteiger partial charge >= 0.3 is 5.97 Å². The summed E-state index contributed by atoms with van der Waals surface area (Å²) in [6.45, 7) is 1.82. The Bertz CT molecular complexity index is 986. The highest BCUT2D eigenvalue weighted by Crippen LogP contribution is 2.33. The average Bonchev–Trinajstić information content (AvgIpc) is 2.96. The number of rotatable bonds is 3. The highest BCUT2D eigenvalue weighted by molar-refractivity contribution is 5.91. The molecule has 0 spiro atoms. The van der Waals surface area contributed by atoms with Gasteiger partial charge in [-0.05, 0) is 36.2 Å². The van der Waals surface area contributed by atoms with Crippen molar-refractivity contribution in [3.05, 3.63) is 59.5 Å². The number of hydrogen-bond donors (Lipinski definition) is 2. The fraction of sp³-hybridized carbons (Fsp3) is 0.0588. The summed E-state index contributed by atoms with van der Waals surface area (Å²) in [4.78, 5) is 15.1. The first-order valence-corrected chi connectivity index (χ1v) is 6.98. The third-order valence-electron chi connectivity index (χ3n) is 3.65. The molecule has 0 saturated carbocycles. The largest absolute Gasteiger partial charge is 0.493 e. The molecule has 118 valence electrons. The van der Waals surface area contributed by atoms with Crippen LogP contribution in [0.1, 0.15) is 21.5 Å². The Labute approximate surface area is 137 Å². The van der Waals surface area contributed by atoms with Gasteiger partial charge in [0.05, 0.1) is 29.1 Å². The van der Waals surface area contributed by atoms with Gasteiger partial charge in [0.15, 0.2) is 0 Å². The zero-order chi connectivity index (χ0) is 17.3. The van der Waals surface area contributed by atoms with Crippen LogP contribution in [0.25, 0.3) is 16.8 Å². The van der Waals surface area contributed by atoms with E-state index >= 15 is 0 Å². The van der Waals surface area contributed by atoms with Crippen molar-refractivity contribution >= 4 is 5.97 Å². The maximum atomic E-state index is 11.3. The molecule has 7 nitrogen and oxygen atoms in total. The second-order valence-electron chi connectivity index (χ2n) is 5.13. The summed E-state index contributed by atoms with van der Waals surface area (Å²) in [6, 6.07) is 8.60. The molecule has 0 aliphatic rings. The molecule has 0 aliphatic carbocycles. The van der Waals surface area contributed by atoms with Crippen LogP contribution in [0.5, 0.6) is 5.88 Å². The van der Waals surface area contributed by atoms with Gasteiger partial charge in [0.2, 0.25) is 5.88 Å². The Hall–Kier alpha value is -3.66. The van der Waals surface area contributed by atoms with Gasteiger partial charge in [-0.1, -0.05) is 6.07 Å². The van der Waals surface area contributed by atoms with Crippen molar-refractivity contribution in [3.63, 3.8) is 0 Å². The van der Waals surface area contributed by atoms with Gasteiger partial charge in [-0.15, -0.1) is 0 Å². The molecular formula is C17H12N4O3. The molecule has 0 aliphatic heterocycles. The number of nitrogens with zero attached hydrogens (tertiary/aromatic N) is 4. The van der Waals surface area contributed by atoms with Gasteiger partial charge in [0.1, 0.15) is 5.56 Å². The van der Waals surface area contributed by atoms with Crippen molar-refractivity contribution in [2.45, 2.75) is 6.92 Å². The van der Waals surface area contributed by atoms with E-state index in [9.17, 15) is 15.0 Å². The summed E-state index contributed by atoms with van der Waals surface area (Å²) in [5.41, 5.74) is 2.63. The standard InChI is InChI=1S/C17H12N4O3/c1-10-6-11(7-18)2-3-12(10)13-9-20-21(16(13)22)15-4-5-19-8-14(15)17(23)24/h2-6,8-9,22H,1H3,(H,23,24). The SMILES string of the molecule is Cc1cc(C#N)ccc1-c1cnn(-c2ccncc2C(=O)O)c1O. The number of carboxylic acids is 1. The number of carbonyl (C=O) groups is 1. The predicted molar refractivity (Wildman–Crippen MR) is 84.9 cm³/mol. The van der Waals surface area contributed by atoms with E-state index in [0.717, 1.165) is 10.2 Å². The normalized spacial score (nSPS) is 10.3. The van der Waals surface area contributed by atoms with Crippen molar-refractivity contribution in [1.29, 1.82) is 5.26 Å². The Morgan fingerprint density at radius 3 is 2.71 bits per heavy atom. The number of carboxylic acid groups (broad SMARTS) is 1. The number of nitriles is 1. The number of pyridine rings is 1. The van der Waals surface area contributed by atoms with Gasteiger partial charge in [-0.2, -0.15) is 15.0 Å². The Kier molecular flexibility index (Phi) is 3.72. The van der Waals surface area contributed by atoms with Crippen LogP contribution in [0.3, 0.4) is 0 Å². The topological polar surface area (TPSA) is 112 Å². The summed E-state index contributed by atoms with van der Waals surface area (Å²) in [7, 11) is 0. The third kappa shape index (κ3) is 2.46. The second kappa shape index (κ2) is 5.85. The van der Waals surface area contributed by atoms with E-state index in [0.29, 0.717) is 16.7 Å². The van der Waals surface area contributed by atoms with E-state index in [1.54, 1.807) is 18.2 Å². The van der Waals surface area contributed by atoms with Crippen LogP contribution in [0.15, 0.2) is 42.9 Å². The summed E-state index contributed by atoms with van der Waals surface area (Å²) < 4.78 is 1.15. The first-order chi connectivity index (χ1) is 11.5. The zero-order valence-corrected chi connectivity index (χ0v) is 12.6. The quantitative estimate of drug-likeness (QED) is 0.767. The van der Waals surface area contributed by atoms with Crippen LogP contribution in [0.4, 0.5) is 0 Å². The molecule has 0 atom stereocenters. The van der Waals surface area contributed by atoms with E-state index in [1.807, 2.05) is 6.92 Å². The maximum absolute atomic E-state index is 11.3. The molecule has 2 aromatic heterocycles. The van der Waals surface area contributed by atoms with Crippen molar-refractivity contribution < 1.29 is 15.0 Å². The fourth-order valence-corrected chi connectivity index (χ4v) is 2.48. The third-order valence-corrected chi connectivity index (χ3v) is 3.65. The van der Waals surface area contributed by atoms with Crippen LogP contribution in [0, 0.1) is 18.3 Å². The maximum Gasteiger partial charge on any atom is 0.339 e. The highest BCUT2D eigenvalue weighted by atomic mass is 16.4. The van der Waals surface area contributed by atoms with Crippen molar-refractivity contribution in [2.75, 3.05) is 0 Å². The van der Waals surface area contributed by atoms with Crippen LogP contribution in [-0.4, -0.2) is 30.9 Å². The Balaban J connectivity index is 2.14. The first-order valence-electron chi connectivity index (χ1n) is 6.98. The van der Waals surface area contributed by atoms with Crippen molar-refractivity contribution in [1.82, 2.24) is 14.8 Å². The molecular weight excluding hydrogens is 308 g/mol. The van der Waals surface area contributed by atoms with E-state index in [2.05, 4.69) is 16.2 Å². The molecule has 3 rings (SSSR count). The highest BCUT2D eigenvalue weighted by Gasteiger charge is 2.19. The van der Waals surface area contributed by atoms with Gasteiger partial charge < -0.3 is 10.2 Å². The summed E-state index contributed by atoms with van der Waals surface area (Å²) in [5, 5.41) is 32.8. The monoisotopic (exact) mass is 320 g/mol. The number of aromatic nitrogens is 3. The van der Waals surface area contributed by atoms with Crippen LogP contribution in [-0.2, 0) is 0 Å². The van der Waals surface area contributed by atoms with Crippen LogP contribution >= 0.6 is 0 Å². The smallest absolute Gasteiger partial charge is 0.339 e. The average molecular weight is 320 g/mol. The van der Waals surface area contributed by atoms with Crippen LogP contribution in [0.2, 0.25) is 0 Å². The number of benzene rings is 1. The van der Waals surface area contributed by atoms with E-state index in [1.165, 1.54) is 24.7 Å². The molecule has 7 heteroatoms. The predicted octanol–water partition coefficient (Wildman–Crippen LogP) is 2.52. The molecule has 2 heterocycles. The van der Waals surface area contributed by atoms with E-state index in [-0.39, 0.29) is 17.1 Å². The lowest BCUT2D eigenvalue weighted by molar-refractivity contribution is 0.0696. The van der Waals surface area contributed by atoms with Crippen LogP contribution < -0.4 is 0 Å². The lowest BCUT2D eigenvalue weighted by Crippen LogP contribution is -2.06. The zero-order valence-electron chi connectivity index (χ0n) is 12.6. The van der Waals surface area contributed by atoms with Gasteiger partial charge in [0.25, 0.3) is 0 Å². The summed E-state index contributed by atoms with van der Waals surface area (Å²) in [5.74, 6) is -1.35. The molecule has 1 aromatic carbocycles. The Morgan fingerprint density at radius 2 is 2.04 bits per heavy atom. The lowest BCUT2D eigenvalue weighted by Gasteiger charge is -2.08.